The van der Waals surface area contributed by atoms with Gasteiger partial charge in [-0.3, -0.25) is 4.68 Å². The van der Waals surface area contributed by atoms with Gasteiger partial charge in [0.15, 0.2) is 0 Å². The molecule has 2 heterocycles. The molecule has 1 aromatic rings. The van der Waals surface area contributed by atoms with Gasteiger partial charge in [0.25, 0.3) is 10.2 Å². The van der Waals surface area contributed by atoms with E-state index in [0.29, 0.717) is 6.54 Å². The van der Waals surface area contributed by atoms with Crippen LogP contribution in [0.1, 0.15) is 5.69 Å². The predicted octanol–water partition coefficient (Wildman–Crippen LogP) is -1.33. The Kier molecular flexibility index (Phi) is 4.92. The van der Waals surface area contributed by atoms with Crippen LogP contribution in [-0.2, 0) is 33.3 Å². The molecule has 0 saturated heterocycles. The van der Waals surface area contributed by atoms with Gasteiger partial charge in [-0.1, -0.05) is 0 Å². The summed E-state index contributed by atoms with van der Waals surface area (Å²) in [5.41, 5.74) is 0.785. The van der Waals surface area contributed by atoms with Crippen molar-refractivity contribution in [2.45, 2.75) is 13.1 Å². The summed E-state index contributed by atoms with van der Waals surface area (Å²) in [7, 11) is -3.96. The van der Waals surface area contributed by atoms with Crippen molar-refractivity contribution < 1.29 is 16.8 Å². The standard InChI is InChI=1S/C11H21N5O4S2/c1-14(2)22(19,20)15-7-10(6-13-21(3,17)18)8-16-11(9-15)4-5-12-16/h4-5,10,13H,6-9H2,1-3H3/t10-/m1/s1. The second kappa shape index (κ2) is 6.24. The molecule has 126 valence electrons. The Balaban J connectivity index is 2.26. The van der Waals surface area contributed by atoms with Crippen LogP contribution < -0.4 is 4.72 Å². The number of hydrogen-bond donors (Lipinski definition) is 1. The maximum absolute atomic E-state index is 12.4. The third kappa shape index (κ3) is 4.04. The van der Waals surface area contributed by atoms with Gasteiger partial charge < -0.3 is 0 Å². The van der Waals surface area contributed by atoms with E-state index in [1.165, 1.54) is 18.4 Å². The lowest BCUT2D eigenvalue weighted by atomic mass is 10.1. The summed E-state index contributed by atoms with van der Waals surface area (Å²) in [5.74, 6) is -0.203. The highest BCUT2D eigenvalue weighted by molar-refractivity contribution is 7.88. The lowest BCUT2D eigenvalue weighted by Crippen LogP contribution is -2.43. The zero-order valence-corrected chi connectivity index (χ0v) is 14.4. The van der Waals surface area contributed by atoms with Gasteiger partial charge in [-0.2, -0.15) is 22.1 Å². The first kappa shape index (κ1) is 17.3. The summed E-state index contributed by atoms with van der Waals surface area (Å²) >= 11 is 0. The first-order valence-electron chi connectivity index (χ1n) is 6.72. The Bertz CT molecular complexity index is 725. The Morgan fingerprint density at radius 3 is 2.59 bits per heavy atom. The van der Waals surface area contributed by atoms with Gasteiger partial charge in [0.1, 0.15) is 0 Å². The van der Waals surface area contributed by atoms with Crippen LogP contribution in [0.3, 0.4) is 0 Å². The second-order valence-corrected chi connectivity index (χ2v) is 9.55. The minimum atomic E-state index is -3.58. The lowest BCUT2D eigenvalue weighted by Gasteiger charge is -2.26. The molecule has 0 radical (unpaired) electrons. The molecule has 2 rings (SSSR count). The highest BCUT2D eigenvalue weighted by Gasteiger charge is 2.31. The van der Waals surface area contributed by atoms with E-state index in [4.69, 9.17) is 0 Å². The summed E-state index contributed by atoms with van der Waals surface area (Å²) in [6, 6.07) is 1.77. The van der Waals surface area contributed by atoms with Gasteiger partial charge in [0.05, 0.1) is 18.5 Å². The topological polar surface area (TPSA) is 105 Å². The monoisotopic (exact) mass is 351 g/mol. The van der Waals surface area contributed by atoms with Crippen LogP contribution in [0, 0.1) is 5.92 Å². The Labute approximate surface area is 131 Å². The van der Waals surface area contributed by atoms with Gasteiger partial charge in [0.2, 0.25) is 10.0 Å². The molecule has 0 aliphatic carbocycles. The van der Waals surface area contributed by atoms with Crippen molar-refractivity contribution in [2.24, 2.45) is 5.92 Å². The maximum Gasteiger partial charge on any atom is 0.281 e. The zero-order chi connectivity index (χ0) is 16.5. The number of hydrogen-bond acceptors (Lipinski definition) is 5. The Morgan fingerprint density at radius 1 is 1.32 bits per heavy atom. The van der Waals surface area contributed by atoms with Crippen LogP contribution >= 0.6 is 0 Å². The first-order chi connectivity index (χ1) is 10.1. The van der Waals surface area contributed by atoms with E-state index in [2.05, 4.69) is 9.82 Å². The first-order valence-corrected chi connectivity index (χ1v) is 10.0. The van der Waals surface area contributed by atoms with Crippen molar-refractivity contribution in [2.75, 3.05) is 33.4 Å². The zero-order valence-electron chi connectivity index (χ0n) is 12.8. The molecular formula is C11H21N5O4S2. The molecular weight excluding hydrogens is 330 g/mol. The van der Waals surface area contributed by atoms with Crippen LogP contribution in [0.4, 0.5) is 0 Å². The van der Waals surface area contributed by atoms with E-state index in [9.17, 15) is 16.8 Å². The third-order valence-corrected chi connectivity index (χ3v) is 6.00. The molecule has 11 heteroatoms. The molecule has 0 fully saturated rings. The molecule has 0 amide bonds. The van der Waals surface area contributed by atoms with Crippen LogP contribution in [-0.4, -0.2) is 68.7 Å². The fourth-order valence-corrected chi connectivity index (χ4v) is 3.99. The van der Waals surface area contributed by atoms with Crippen molar-refractivity contribution in [3.63, 3.8) is 0 Å². The number of fused-ring (bicyclic) bond motifs is 1. The summed E-state index contributed by atoms with van der Waals surface area (Å²) in [4.78, 5) is 0. The normalized spacial score (nSPS) is 20.8. The molecule has 22 heavy (non-hydrogen) atoms. The minimum absolute atomic E-state index is 0.164. The molecule has 1 aliphatic heterocycles. The van der Waals surface area contributed by atoms with Gasteiger partial charge in [0, 0.05) is 45.8 Å². The highest BCUT2D eigenvalue weighted by atomic mass is 32.2. The van der Waals surface area contributed by atoms with Crippen molar-refractivity contribution in [3.8, 4) is 0 Å². The average Bonchev–Trinajstić information content (AvgIpc) is 2.73. The van der Waals surface area contributed by atoms with Gasteiger partial charge in [-0.05, 0) is 6.07 Å². The Morgan fingerprint density at radius 2 is 2.00 bits per heavy atom. The molecule has 0 aromatic carbocycles. The second-order valence-electron chi connectivity index (χ2n) is 5.57. The van der Waals surface area contributed by atoms with Crippen LogP contribution in [0.15, 0.2) is 12.3 Å². The fourth-order valence-electron chi connectivity index (χ4n) is 2.30. The molecule has 1 atom stereocenters. The summed E-state index contributed by atoms with van der Waals surface area (Å²) in [6.45, 7) is 1.07. The van der Waals surface area contributed by atoms with E-state index in [1.807, 2.05) is 0 Å². The van der Waals surface area contributed by atoms with E-state index in [0.717, 1.165) is 16.3 Å². The predicted molar refractivity (Wildman–Crippen MR) is 81.6 cm³/mol. The maximum atomic E-state index is 12.4. The van der Waals surface area contributed by atoms with Gasteiger partial charge >= 0.3 is 0 Å². The van der Waals surface area contributed by atoms with Crippen molar-refractivity contribution in [3.05, 3.63) is 18.0 Å². The third-order valence-electron chi connectivity index (χ3n) is 3.46. The van der Waals surface area contributed by atoms with Crippen LogP contribution in [0.25, 0.3) is 0 Å². The Hall–Kier alpha value is -1.01. The molecule has 0 unspecified atom stereocenters. The van der Waals surface area contributed by atoms with E-state index < -0.39 is 20.2 Å². The fraction of sp³-hybridized carbons (Fsp3) is 0.727. The van der Waals surface area contributed by atoms with Gasteiger partial charge in [-0.25, -0.2) is 13.1 Å². The van der Waals surface area contributed by atoms with Crippen molar-refractivity contribution >= 4 is 20.2 Å². The van der Waals surface area contributed by atoms with Gasteiger partial charge in [-0.15, -0.1) is 0 Å². The van der Waals surface area contributed by atoms with Crippen LogP contribution in [0.5, 0.6) is 0 Å². The molecule has 9 nitrogen and oxygen atoms in total. The molecule has 0 spiro atoms. The lowest BCUT2D eigenvalue weighted by molar-refractivity contribution is 0.318. The molecule has 1 aliphatic rings. The summed E-state index contributed by atoms with van der Waals surface area (Å²) in [6.07, 6.45) is 2.69. The average molecular weight is 351 g/mol. The number of sulfonamides is 1. The number of rotatable bonds is 5. The summed E-state index contributed by atoms with van der Waals surface area (Å²) in [5, 5.41) is 4.18. The SMILES string of the molecule is CN(C)S(=O)(=O)N1Cc2ccnn2C[C@H](CNS(C)(=O)=O)C1. The minimum Gasteiger partial charge on any atom is -0.268 e. The number of aromatic nitrogens is 2. The molecule has 0 bridgehead atoms. The van der Waals surface area contributed by atoms with Crippen LogP contribution in [0.2, 0.25) is 0 Å². The quantitative estimate of drug-likeness (QED) is 0.708. The molecule has 1 N–H and O–H groups in total. The van der Waals surface area contributed by atoms with E-state index in [1.54, 1.807) is 16.9 Å². The summed E-state index contributed by atoms with van der Waals surface area (Å²) < 4.78 is 54.0. The van der Waals surface area contributed by atoms with Crippen molar-refractivity contribution in [1.29, 1.82) is 0 Å². The highest BCUT2D eigenvalue weighted by Crippen LogP contribution is 2.19. The molecule has 1 aromatic heterocycles. The van der Waals surface area contributed by atoms with Crippen molar-refractivity contribution in [1.82, 2.24) is 23.1 Å². The molecule has 0 saturated carbocycles. The van der Waals surface area contributed by atoms with E-state index >= 15 is 0 Å². The largest absolute Gasteiger partial charge is 0.281 e. The van der Waals surface area contributed by atoms with E-state index in [-0.39, 0.29) is 25.6 Å². The number of nitrogens with zero attached hydrogens (tertiary/aromatic N) is 4. The smallest absolute Gasteiger partial charge is 0.268 e. The number of nitrogens with one attached hydrogen (secondary N) is 1.